The van der Waals surface area contributed by atoms with Gasteiger partial charge >= 0.3 is 5.97 Å². The van der Waals surface area contributed by atoms with Gasteiger partial charge in [0.1, 0.15) is 5.75 Å². The van der Waals surface area contributed by atoms with E-state index in [1.807, 2.05) is 0 Å². The molecule has 1 unspecified atom stereocenters. The lowest BCUT2D eigenvalue weighted by Crippen LogP contribution is -2.21. The van der Waals surface area contributed by atoms with E-state index in [0.29, 0.717) is 22.8 Å². The minimum absolute atomic E-state index is 0.0762. The van der Waals surface area contributed by atoms with Crippen LogP contribution in [0.25, 0.3) is 0 Å². The second-order valence-electron chi connectivity index (χ2n) is 5.75. The van der Waals surface area contributed by atoms with E-state index in [1.165, 1.54) is 6.07 Å². The zero-order valence-corrected chi connectivity index (χ0v) is 14.0. The smallest absolute Gasteiger partial charge is 0.306 e. The van der Waals surface area contributed by atoms with Crippen molar-refractivity contribution in [1.82, 2.24) is 4.98 Å². The molecule has 0 saturated carbocycles. The zero-order valence-electron chi connectivity index (χ0n) is 14.0. The van der Waals surface area contributed by atoms with Crippen molar-refractivity contribution in [2.24, 2.45) is 0 Å². The number of aromatic nitrogens is 1. The van der Waals surface area contributed by atoms with Crippen LogP contribution in [-0.2, 0) is 9.53 Å². The largest absolute Gasteiger partial charge is 0.507 e. The zero-order chi connectivity index (χ0) is 18.0. The fourth-order valence-electron chi connectivity index (χ4n) is 2.92. The molecule has 2 aromatic rings. The SMILES string of the molecule is CCOC(=O)CC(c1ccc2c(c1)OCO2)c1c(O)cc(C)[nH]c1=O. The molecule has 7 nitrogen and oxygen atoms in total. The molecule has 0 fully saturated rings. The number of aromatic hydroxyl groups is 1. The summed E-state index contributed by atoms with van der Waals surface area (Å²) in [5.74, 6) is -0.147. The van der Waals surface area contributed by atoms with Crippen LogP contribution in [0.5, 0.6) is 17.2 Å². The number of benzene rings is 1. The second-order valence-corrected chi connectivity index (χ2v) is 5.75. The van der Waals surface area contributed by atoms with E-state index < -0.39 is 17.4 Å². The van der Waals surface area contributed by atoms with Crippen molar-refractivity contribution in [2.75, 3.05) is 13.4 Å². The van der Waals surface area contributed by atoms with Crippen LogP contribution in [-0.4, -0.2) is 29.5 Å². The van der Waals surface area contributed by atoms with Gasteiger partial charge in [0.25, 0.3) is 5.56 Å². The summed E-state index contributed by atoms with van der Waals surface area (Å²) < 4.78 is 15.7. The summed E-state index contributed by atoms with van der Waals surface area (Å²) in [6.45, 7) is 3.75. The Labute approximate surface area is 144 Å². The number of aryl methyl sites for hydroxylation is 1. The number of nitrogens with one attached hydrogen (secondary N) is 1. The third kappa shape index (κ3) is 3.45. The Morgan fingerprint density at radius 3 is 2.80 bits per heavy atom. The van der Waals surface area contributed by atoms with Gasteiger partial charge in [0.2, 0.25) is 6.79 Å². The molecule has 3 rings (SSSR count). The minimum atomic E-state index is -0.669. The van der Waals surface area contributed by atoms with Crippen LogP contribution in [0.1, 0.15) is 36.1 Å². The van der Waals surface area contributed by atoms with Gasteiger partial charge in [-0.3, -0.25) is 9.59 Å². The second kappa shape index (κ2) is 6.88. The van der Waals surface area contributed by atoms with Gasteiger partial charge in [-0.2, -0.15) is 0 Å². The number of fused-ring (bicyclic) bond motifs is 1. The normalized spacial score (nSPS) is 13.5. The molecule has 2 N–H and O–H groups in total. The maximum Gasteiger partial charge on any atom is 0.306 e. The van der Waals surface area contributed by atoms with E-state index in [4.69, 9.17) is 14.2 Å². The van der Waals surface area contributed by atoms with Crippen molar-refractivity contribution >= 4 is 5.97 Å². The Bertz CT molecular complexity index is 857. The summed E-state index contributed by atoms with van der Waals surface area (Å²) >= 11 is 0. The Morgan fingerprint density at radius 2 is 2.08 bits per heavy atom. The molecule has 0 saturated heterocycles. The van der Waals surface area contributed by atoms with E-state index in [0.717, 1.165) is 0 Å². The lowest BCUT2D eigenvalue weighted by molar-refractivity contribution is -0.143. The van der Waals surface area contributed by atoms with Crippen LogP contribution in [0.15, 0.2) is 29.1 Å². The van der Waals surface area contributed by atoms with Crippen molar-refractivity contribution in [1.29, 1.82) is 0 Å². The molecule has 1 aromatic carbocycles. The molecule has 2 heterocycles. The van der Waals surface area contributed by atoms with Crippen LogP contribution in [0.4, 0.5) is 0 Å². The number of hydrogen-bond donors (Lipinski definition) is 2. The molecular formula is C18H19NO6. The first-order valence-electron chi connectivity index (χ1n) is 7.97. The monoisotopic (exact) mass is 345 g/mol. The van der Waals surface area contributed by atoms with Crippen molar-refractivity contribution in [3.05, 3.63) is 51.4 Å². The molecule has 132 valence electrons. The standard InChI is InChI=1S/C18H19NO6/c1-3-23-16(21)8-12(17-13(20)6-10(2)19-18(17)22)11-4-5-14-15(7-11)25-9-24-14/h4-7,12H,3,8-9H2,1-2H3,(H2,19,20,22). The Morgan fingerprint density at radius 1 is 1.32 bits per heavy atom. The third-order valence-electron chi connectivity index (χ3n) is 4.01. The number of pyridine rings is 1. The van der Waals surface area contributed by atoms with Crippen molar-refractivity contribution in [3.8, 4) is 17.2 Å². The summed E-state index contributed by atoms with van der Waals surface area (Å²) in [5, 5.41) is 10.3. The van der Waals surface area contributed by atoms with E-state index in [9.17, 15) is 14.7 Å². The van der Waals surface area contributed by atoms with Gasteiger partial charge in [-0.1, -0.05) is 6.07 Å². The van der Waals surface area contributed by atoms with E-state index in [2.05, 4.69) is 4.98 Å². The number of ether oxygens (including phenoxy) is 3. The number of hydrogen-bond acceptors (Lipinski definition) is 6. The van der Waals surface area contributed by atoms with Gasteiger partial charge in [-0.15, -0.1) is 0 Å². The summed E-state index contributed by atoms with van der Waals surface area (Å²) in [4.78, 5) is 27.1. The summed E-state index contributed by atoms with van der Waals surface area (Å²) in [5.41, 5.74) is 0.871. The van der Waals surface area contributed by atoms with Crippen LogP contribution >= 0.6 is 0 Å². The Balaban J connectivity index is 2.07. The van der Waals surface area contributed by atoms with E-state index in [1.54, 1.807) is 32.0 Å². The third-order valence-corrected chi connectivity index (χ3v) is 4.01. The molecule has 25 heavy (non-hydrogen) atoms. The minimum Gasteiger partial charge on any atom is -0.507 e. The first-order chi connectivity index (χ1) is 12.0. The first-order valence-corrected chi connectivity index (χ1v) is 7.97. The molecule has 7 heteroatoms. The first kappa shape index (κ1) is 16.9. The van der Waals surface area contributed by atoms with Crippen LogP contribution in [0.3, 0.4) is 0 Å². The Kier molecular flexibility index (Phi) is 4.65. The number of carbonyl (C=O) groups excluding carboxylic acids is 1. The average molecular weight is 345 g/mol. The number of carbonyl (C=O) groups is 1. The van der Waals surface area contributed by atoms with Crippen LogP contribution < -0.4 is 15.0 Å². The van der Waals surface area contributed by atoms with Crippen LogP contribution in [0.2, 0.25) is 0 Å². The van der Waals surface area contributed by atoms with E-state index >= 15 is 0 Å². The fraction of sp³-hybridized carbons (Fsp3) is 0.333. The average Bonchev–Trinajstić information content (AvgIpc) is 3.00. The van der Waals surface area contributed by atoms with E-state index in [-0.39, 0.29) is 31.1 Å². The van der Waals surface area contributed by atoms with Gasteiger partial charge in [0, 0.05) is 11.6 Å². The van der Waals surface area contributed by atoms with Gasteiger partial charge in [-0.25, -0.2) is 0 Å². The van der Waals surface area contributed by atoms with Crippen molar-refractivity contribution in [2.45, 2.75) is 26.2 Å². The molecule has 1 atom stereocenters. The predicted octanol–water partition coefficient (Wildman–Crippen LogP) is 2.20. The molecular weight excluding hydrogens is 326 g/mol. The fourth-order valence-corrected chi connectivity index (χ4v) is 2.92. The van der Waals surface area contributed by atoms with Gasteiger partial charge in [0.15, 0.2) is 11.5 Å². The molecule has 0 aliphatic carbocycles. The molecule has 0 bridgehead atoms. The number of rotatable bonds is 5. The molecule has 0 amide bonds. The highest BCUT2D eigenvalue weighted by molar-refractivity contribution is 5.72. The number of esters is 1. The lowest BCUT2D eigenvalue weighted by Gasteiger charge is -2.18. The van der Waals surface area contributed by atoms with Gasteiger partial charge < -0.3 is 24.3 Å². The molecule has 0 radical (unpaired) electrons. The quantitative estimate of drug-likeness (QED) is 0.806. The molecule has 1 aliphatic heterocycles. The highest BCUT2D eigenvalue weighted by atomic mass is 16.7. The number of aromatic amines is 1. The molecule has 1 aromatic heterocycles. The maximum absolute atomic E-state index is 12.4. The summed E-state index contributed by atoms with van der Waals surface area (Å²) in [7, 11) is 0. The topological polar surface area (TPSA) is 97.8 Å². The van der Waals surface area contributed by atoms with Gasteiger partial charge in [0.05, 0.1) is 18.6 Å². The molecule has 0 spiro atoms. The highest BCUT2D eigenvalue weighted by Crippen LogP contribution is 2.38. The highest BCUT2D eigenvalue weighted by Gasteiger charge is 2.27. The predicted molar refractivity (Wildman–Crippen MR) is 89.1 cm³/mol. The van der Waals surface area contributed by atoms with Crippen molar-refractivity contribution in [3.63, 3.8) is 0 Å². The van der Waals surface area contributed by atoms with Crippen molar-refractivity contribution < 1.29 is 24.1 Å². The molecule has 1 aliphatic rings. The maximum atomic E-state index is 12.4. The lowest BCUT2D eigenvalue weighted by atomic mass is 9.88. The summed E-state index contributed by atoms with van der Waals surface area (Å²) in [6.07, 6.45) is -0.0762. The summed E-state index contributed by atoms with van der Waals surface area (Å²) in [6, 6.07) is 6.64. The van der Waals surface area contributed by atoms with Crippen LogP contribution in [0, 0.1) is 6.92 Å². The number of H-pyrrole nitrogens is 1. The van der Waals surface area contributed by atoms with Gasteiger partial charge in [-0.05, 0) is 37.6 Å². The Hall–Kier alpha value is -2.96.